The first-order valence-corrected chi connectivity index (χ1v) is 8.62. The fourth-order valence-corrected chi connectivity index (χ4v) is 3.04. The number of carboxylic acid groups (broad SMARTS) is 2. The molecule has 1 unspecified atom stereocenters. The number of rotatable bonds is 3. The quantitative estimate of drug-likeness (QED) is 0.489. The number of hydrogen-bond donors (Lipinski definition) is 4. The number of benzene rings is 2. The van der Waals surface area contributed by atoms with Crippen molar-refractivity contribution in [1.29, 1.82) is 0 Å². The Morgan fingerprint density at radius 3 is 2.26 bits per heavy atom. The van der Waals surface area contributed by atoms with E-state index in [4.69, 9.17) is 19.8 Å². The maximum absolute atomic E-state index is 10.5. The van der Waals surface area contributed by atoms with Crippen LogP contribution in [0.5, 0.6) is 0 Å². The second-order valence-corrected chi connectivity index (χ2v) is 6.08. The van der Waals surface area contributed by atoms with E-state index in [9.17, 15) is 5.11 Å². The molecule has 27 heavy (non-hydrogen) atoms. The highest BCUT2D eigenvalue weighted by Gasteiger charge is 2.22. The third-order valence-corrected chi connectivity index (χ3v) is 4.26. The first-order chi connectivity index (χ1) is 13.0. The van der Waals surface area contributed by atoms with Crippen LogP contribution in [0, 0.1) is 0 Å². The number of aliphatic carboxylic acids is 2. The molecule has 0 aromatic heterocycles. The molecule has 0 saturated heterocycles. The third kappa shape index (κ3) is 5.26. The molecule has 4 N–H and O–H groups in total. The average molecular weight is 369 g/mol. The van der Waals surface area contributed by atoms with Crippen LogP contribution in [0.2, 0.25) is 0 Å². The van der Waals surface area contributed by atoms with Crippen molar-refractivity contribution < 1.29 is 24.9 Å². The SMILES string of the molecule is CNCC/C=C1\c2ccccc2CC(O)c2ccccc21.O=C(O)C(=O)O. The monoisotopic (exact) mass is 369 g/mol. The molecule has 0 saturated carbocycles. The van der Waals surface area contributed by atoms with Crippen LogP contribution in [0.1, 0.15) is 34.8 Å². The summed E-state index contributed by atoms with van der Waals surface area (Å²) in [6.07, 6.45) is 3.51. The summed E-state index contributed by atoms with van der Waals surface area (Å²) in [7, 11) is 1.97. The van der Waals surface area contributed by atoms with E-state index in [-0.39, 0.29) is 0 Å². The third-order valence-electron chi connectivity index (χ3n) is 4.26. The van der Waals surface area contributed by atoms with E-state index in [0.29, 0.717) is 6.42 Å². The summed E-state index contributed by atoms with van der Waals surface area (Å²) < 4.78 is 0. The van der Waals surface area contributed by atoms with E-state index in [1.54, 1.807) is 0 Å². The number of aliphatic hydroxyl groups excluding tert-OH is 1. The molecule has 0 fully saturated rings. The van der Waals surface area contributed by atoms with Crippen molar-refractivity contribution in [3.63, 3.8) is 0 Å². The molecule has 1 aliphatic rings. The number of aliphatic hydroxyl groups is 1. The van der Waals surface area contributed by atoms with Gasteiger partial charge in [0, 0.05) is 6.42 Å². The molecule has 142 valence electrons. The van der Waals surface area contributed by atoms with E-state index in [1.165, 1.54) is 16.7 Å². The van der Waals surface area contributed by atoms with Gasteiger partial charge in [-0.05, 0) is 47.8 Å². The molecule has 0 spiro atoms. The van der Waals surface area contributed by atoms with Crippen LogP contribution in [0.3, 0.4) is 0 Å². The molecule has 6 heteroatoms. The molecule has 0 radical (unpaired) electrons. The molecule has 1 atom stereocenters. The first-order valence-electron chi connectivity index (χ1n) is 8.62. The van der Waals surface area contributed by atoms with E-state index in [1.807, 2.05) is 31.3 Å². The van der Waals surface area contributed by atoms with Gasteiger partial charge in [0.2, 0.25) is 0 Å². The second kappa shape index (κ2) is 9.66. The Balaban J connectivity index is 0.000000380. The number of nitrogens with one attached hydrogen (secondary N) is 1. The zero-order valence-electron chi connectivity index (χ0n) is 15.1. The van der Waals surface area contributed by atoms with Crippen molar-refractivity contribution in [2.24, 2.45) is 0 Å². The highest BCUT2D eigenvalue weighted by Crippen LogP contribution is 2.37. The molecule has 1 aliphatic carbocycles. The zero-order valence-corrected chi connectivity index (χ0v) is 15.1. The number of carboxylic acids is 2. The van der Waals surface area contributed by atoms with Crippen LogP contribution in [0.25, 0.3) is 5.57 Å². The van der Waals surface area contributed by atoms with Gasteiger partial charge in [0.25, 0.3) is 0 Å². The smallest absolute Gasteiger partial charge is 0.414 e. The number of fused-ring (bicyclic) bond motifs is 2. The van der Waals surface area contributed by atoms with Crippen LogP contribution < -0.4 is 5.32 Å². The van der Waals surface area contributed by atoms with Crippen molar-refractivity contribution in [2.75, 3.05) is 13.6 Å². The molecule has 6 nitrogen and oxygen atoms in total. The van der Waals surface area contributed by atoms with Gasteiger partial charge in [-0.25, -0.2) is 9.59 Å². The Morgan fingerprint density at radius 1 is 1.04 bits per heavy atom. The lowest BCUT2D eigenvalue weighted by Crippen LogP contribution is -2.09. The van der Waals surface area contributed by atoms with Gasteiger partial charge < -0.3 is 20.6 Å². The van der Waals surface area contributed by atoms with Gasteiger partial charge in [-0.15, -0.1) is 0 Å². The lowest BCUT2D eigenvalue weighted by Gasteiger charge is -2.13. The molecule has 0 heterocycles. The van der Waals surface area contributed by atoms with Crippen molar-refractivity contribution in [2.45, 2.75) is 18.9 Å². The Bertz CT molecular complexity index is 832. The normalized spacial score (nSPS) is 16.4. The Hall–Kier alpha value is -2.96. The van der Waals surface area contributed by atoms with Gasteiger partial charge in [0.1, 0.15) is 0 Å². The maximum atomic E-state index is 10.5. The van der Waals surface area contributed by atoms with Crippen LogP contribution in [-0.4, -0.2) is 40.9 Å². The van der Waals surface area contributed by atoms with Gasteiger partial charge in [-0.1, -0.05) is 54.6 Å². The maximum Gasteiger partial charge on any atom is 0.414 e. The molecular weight excluding hydrogens is 346 g/mol. The molecule has 0 amide bonds. The second-order valence-electron chi connectivity index (χ2n) is 6.08. The molecular formula is C21H23NO5. The lowest BCUT2D eigenvalue weighted by atomic mass is 9.93. The first kappa shape index (κ1) is 20.4. The standard InChI is InChI=1S/C19H21NO.C2H2O4/c1-20-12-6-11-16-15-8-3-2-7-14(15)13-19(21)18-10-5-4-9-17(16)18;3-1(4)2(5)6/h2-5,7-11,19-21H,6,12-13H2,1H3;(H,3,4)(H,5,6)/b16-11+;. The molecule has 3 rings (SSSR count). The molecule has 0 bridgehead atoms. The Kier molecular flexibility index (Phi) is 7.28. The summed E-state index contributed by atoms with van der Waals surface area (Å²) in [5.74, 6) is -3.65. The largest absolute Gasteiger partial charge is 0.473 e. The van der Waals surface area contributed by atoms with E-state index < -0.39 is 18.0 Å². The fraction of sp³-hybridized carbons (Fsp3) is 0.238. The van der Waals surface area contributed by atoms with Crippen molar-refractivity contribution in [3.8, 4) is 0 Å². The predicted octanol–water partition coefficient (Wildman–Crippen LogP) is 2.47. The van der Waals surface area contributed by atoms with E-state index in [2.05, 4.69) is 35.7 Å². The van der Waals surface area contributed by atoms with Gasteiger partial charge >= 0.3 is 11.9 Å². The van der Waals surface area contributed by atoms with Crippen molar-refractivity contribution >= 4 is 17.5 Å². The van der Waals surface area contributed by atoms with Gasteiger partial charge in [0.05, 0.1) is 6.10 Å². The van der Waals surface area contributed by atoms with Crippen LogP contribution in [-0.2, 0) is 16.0 Å². The molecule has 2 aromatic rings. The summed E-state index contributed by atoms with van der Waals surface area (Å²) in [5.41, 5.74) is 5.90. The molecule has 2 aromatic carbocycles. The lowest BCUT2D eigenvalue weighted by molar-refractivity contribution is -0.159. The summed E-state index contributed by atoms with van der Waals surface area (Å²) in [5, 5.41) is 28.5. The van der Waals surface area contributed by atoms with Gasteiger partial charge in [-0.3, -0.25) is 0 Å². The highest BCUT2D eigenvalue weighted by molar-refractivity contribution is 6.27. The predicted molar refractivity (Wildman–Crippen MR) is 102 cm³/mol. The van der Waals surface area contributed by atoms with Crippen molar-refractivity contribution in [1.82, 2.24) is 5.32 Å². The summed E-state index contributed by atoms with van der Waals surface area (Å²) in [6, 6.07) is 16.6. The van der Waals surface area contributed by atoms with E-state index >= 15 is 0 Å². The van der Waals surface area contributed by atoms with Gasteiger partial charge in [0.15, 0.2) is 0 Å². The summed E-state index contributed by atoms with van der Waals surface area (Å²) >= 11 is 0. The minimum atomic E-state index is -1.82. The Labute approximate surface area is 157 Å². The Morgan fingerprint density at radius 2 is 1.63 bits per heavy atom. The van der Waals surface area contributed by atoms with Gasteiger partial charge in [-0.2, -0.15) is 0 Å². The summed E-state index contributed by atoms with van der Waals surface area (Å²) in [6.45, 7) is 0.955. The van der Waals surface area contributed by atoms with Crippen LogP contribution in [0.4, 0.5) is 0 Å². The van der Waals surface area contributed by atoms with E-state index in [0.717, 1.165) is 24.1 Å². The zero-order chi connectivity index (χ0) is 19.8. The number of carbonyl (C=O) groups is 2. The topological polar surface area (TPSA) is 107 Å². The van der Waals surface area contributed by atoms with Crippen LogP contribution in [0.15, 0.2) is 54.6 Å². The molecule has 0 aliphatic heterocycles. The minimum absolute atomic E-state index is 0.433. The fourth-order valence-electron chi connectivity index (χ4n) is 3.04. The number of hydrogen-bond acceptors (Lipinski definition) is 4. The average Bonchev–Trinajstić information content (AvgIpc) is 2.77. The summed E-state index contributed by atoms with van der Waals surface area (Å²) in [4.78, 5) is 18.2. The van der Waals surface area contributed by atoms with Crippen LogP contribution >= 0.6 is 0 Å². The van der Waals surface area contributed by atoms with Crippen molar-refractivity contribution in [3.05, 3.63) is 76.9 Å². The minimum Gasteiger partial charge on any atom is -0.473 e. The highest BCUT2D eigenvalue weighted by atomic mass is 16.4.